The van der Waals surface area contributed by atoms with E-state index in [4.69, 9.17) is 16.5 Å². The minimum absolute atomic E-state index is 0.105. The molecule has 0 aromatic heterocycles. The predicted octanol–water partition coefficient (Wildman–Crippen LogP) is 10.0. The molecule has 0 rings (SSSR count). The Kier molecular flexibility index (Phi) is 28.6. The van der Waals surface area contributed by atoms with E-state index in [1.54, 1.807) is 0 Å². The van der Waals surface area contributed by atoms with Crippen molar-refractivity contribution in [3.63, 3.8) is 0 Å². The van der Waals surface area contributed by atoms with Gasteiger partial charge in [0.15, 0.2) is 6.49 Å². The molecule has 0 aromatic carbocycles. The zero-order chi connectivity index (χ0) is 25.9. The summed E-state index contributed by atoms with van der Waals surface area (Å²) in [6.07, 6.45) is 29.6. The van der Waals surface area contributed by atoms with Gasteiger partial charge >= 0.3 is 0 Å². The standard InChI is InChI=1S/C29H61O3PS2/c1-3-5-7-9-11-13-14-15-16-17-19-21-23-27-35-28-29(24-26-33(30,31)34)32-25-22-20-18-12-10-8-6-4-2/h29H,3-28H2,1-2H3,(H2,30,31,34). The highest BCUT2D eigenvalue weighted by atomic mass is 32.5. The summed E-state index contributed by atoms with van der Waals surface area (Å²) in [5.41, 5.74) is 0. The van der Waals surface area contributed by atoms with Crippen LogP contribution in [0.1, 0.15) is 155 Å². The second-order valence-electron chi connectivity index (χ2n) is 10.5. The van der Waals surface area contributed by atoms with Crippen molar-refractivity contribution in [2.75, 3.05) is 24.3 Å². The zero-order valence-corrected chi connectivity index (χ0v) is 26.1. The van der Waals surface area contributed by atoms with Gasteiger partial charge in [-0.3, -0.25) is 0 Å². The largest absolute Gasteiger partial charge is 0.377 e. The average Bonchev–Trinajstić information content (AvgIpc) is 2.82. The summed E-state index contributed by atoms with van der Waals surface area (Å²) in [6, 6.07) is 0. The summed E-state index contributed by atoms with van der Waals surface area (Å²) in [6.45, 7) is 2.22. The van der Waals surface area contributed by atoms with Crippen LogP contribution in [0.25, 0.3) is 0 Å². The lowest BCUT2D eigenvalue weighted by Gasteiger charge is -2.19. The monoisotopic (exact) mass is 552 g/mol. The maximum absolute atomic E-state index is 9.62. The van der Waals surface area contributed by atoms with E-state index in [1.165, 1.54) is 134 Å². The van der Waals surface area contributed by atoms with Gasteiger partial charge in [0, 0.05) is 18.5 Å². The van der Waals surface area contributed by atoms with Gasteiger partial charge in [-0.1, -0.05) is 136 Å². The van der Waals surface area contributed by atoms with Crippen LogP contribution in [0.2, 0.25) is 0 Å². The van der Waals surface area contributed by atoms with Gasteiger partial charge in [0.05, 0.1) is 6.10 Å². The normalized spacial score (nSPS) is 12.9. The molecule has 0 aromatic rings. The van der Waals surface area contributed by atoms with Crippen molar-refractivity contribution in [3.05, 3.63) is 0 Å². The average molecular weight is 553 g/mol. The van der Waals surface area contributed by atoms with Crippen LogP contribution in [0, 0.1) is 0 Å². The van der Waals surface area contributed by atoms with Gasteiger partial charge in [-0.2, -0.15) is 11.8 Å². The molecule has 1 atom stereocenters. The van der Waals surface area contributed by atoms with Crippen molar-refractivity contribution >= 4 is 30.1 Å². The molecule has 1 unspecified atom stereocenters. The lowest BCUT2D eigenvalue weighted by molar-refractivity contribution is 0.0639. The van der Waals surface area contributed by atoms with Gasteiger partial charge in [-0.15, -0.1) is 0 Å². The van der Waals surface area contributed by atoms with Gasteiger partial charge in [-0.25, -0.2) is 0 Å². The number of hydrogen-bond acceptors (Lipinski definition) is 3. The molecule has 0 saturated carbocycles. The molecule has 0 aliphatic heterocycles. The van der Waals surface area contributed by atoms with Crippen LogP contribution in [0.4, 0.5) is 0 Å². The number of thioether (sulfide) groups is 1. The molecule has 0 amide bonds. The first kappa shape index (κ1) is 35.9. The van der Waals surface area contributed by atoms with Gasteiger partial charge in [-0.05, 0) is 36.8 Å². The molecule has 0 aliphatic carbocycles. The summed E-state index contributed by atoms with van der Waals surface area (Å²) in [7, 11) is 0. The third-order valence-corrected chi connectivity index (χ3v) is 9.36. The molecule has 6 heteroatoms. The molecule has 35 heavy (non-hydrogen) atoms. The van der Waals surface area contributed by atoms with E-state index in [1.807, 2.05) is 11.8 Å². The molecule has 0 spiro atoms. The third kappa shape index (κ3) is 31.0. The Morgan fingerprint density at radius 2 is 1.03 bits per heavy atom. The van der Waals surface area contributed by atoms with E-state index < -0.39 is 6.49 Å². The fourth-order valence-corrected chi connectivity index (χ4v) is 6.49. The predicted molar refractivity (Wildman–Crippen MR) is 164 cm³/mol. The first-order chi connectivity index (χ1) is 17.0. The molecular formula is C29H61O3PS2. The Morgan fingerprint density at radius 3 is 1.46 bits per heavy atom. The van der Waals surface area contributed by atoms with Crippen LogP contribution >= 0.6 is 18.3 Å². The first-order valence-corrected chi connectivity index (χ1v) is 19.3. The quantitative estimate of drug-likeness (QED) is 0.0714. The second-order valence-corrected chi connectivity index (χ2v) is 15.1. The van der Waals surface area contributed by atoms with Crippen molar-refractivity contribution in [3.8, 4) is 0 Å². The van der Waals surface area contributed by atoms with Crippen LogP contribution in [0.15, 0.2) is 0 Å². The first-order valence-electron chi connectivity index (χ1n) is 15.2. The van der Waals surface area contributed by atoms with Crippen LogP contribution in [-0.4, -0.2) is 40.2 Å². The summed E-state index contributed by atoms with van der Waals surface area (Å²) in [5.74, 6) is 2.13. The molecule has 0 fully saturated rings. The highest BCUT2D eigenvalue weighted by Gasteiger charge is 2.15. The molecule has 3 nitrogen and oxygen atoms in total. The Balaban J connectivity index is 3.68. The third-order valence-electron chi connectivity index (χ3n) is 6.79. The lowest BCUT2D eigenvalue weighted by Crippen LogP contribution is -2.19. The lowest BCUT2D eigenvalue weighted by atomic mass is 10.1. The SMILES string of the molecule is CCCCCCCCCCCCCCCSCC(CCP(O)(O)=S)OCCCCCCCCCC. The summed E-state index contributed by atoms with van der Waals surface area (Å²) in [5, 5.41) is 0. The van der Waals surface area contributed by atoms with Gasteiger partial charge in [0.1, 0.15) is 0 Å². The van der Waals surface area contributed by atoms with Gasteiger partial charge in [0.2, 0.25) is 0 Å². The van der Waals surface area contributed by atoms with Crippen molar-refractivity contribution in [2.24, 2.45) is 0 Å². The number of hydrogen-bond donors (Lipinski definition) is 2. The highest BCUT2D eigenvalue weighted by Crippen LogP contribution is 2.36. The van der Waals surface area contributed by atoms with Crippen molar-refractivity contribution in [2.45, 2.75) is 161 Å². The number of ether oxygens (including phenoxy) is 1. The Labute approximate surface area is 229 Å². The topological polar surface area (TPSA) is 49.7 Å². The Bertz CT molecular complexity index is 459. The molecule has 2 N–H and O–H groups in total. The van der Waals surface area contributed by atoms with Crippen LogP contribution < -0.4 is 0 Å². The van der Waals surface area contributed by atoms with Crippen LogP contribution in [0.5, 0.6) is 0 Å². The summed E-state index contributed by atoms with van der Waals surface area (Å²) < 4.78 is 6.13. The van der Waals surface area contributed by atoms with E-state index >= 15 is 0 Å². The molecule has 0 saturated heterocycles. The van der Waals surface area contributed by atoms with Crippen molar-refractivity contribution < 1.29 is 14.5 Å². The molecule has 0 bridgehead atoms. The fourth-order valence-electron chi connectivity index (χ4n) is 4.45. The molecule has 212 valence electrons. The van der Waals surface area contributed by atoms with E-state index in [0.717, 1.165) is 18.8 Å². The van der Waals surface area contributed by atoms with E-state index in [9.17, 15) is 9.79 Å². The van der Waals surface area contributed by atoms with Gasteiger partial charge in [0.25, 0.3) is 0 Å². The molecule has 0 heterocycles. The molecule has 0 aliphatic rings. The van der Waals surface area contributed by atoms with E-state index in [0.29, 0.717) is 12.6 Å². The van der Waals surface area contributed by atoms with E-state index in [-0.39, 0.29) is 6.10 Å². The fraction of sp³-hybridized carbons (Fsp3) is 1.00. The molecular weight excluding hydrogens is 491 g/mol. The number of unbranched alkanes of at least 4 members (excludes halogenated alkanes) is 19. The van der Waals surface area contributed by atoms with Crippen molar-refractivity contribution in [1.29, 1.82) is 0 Å². The highest BCUT2D eigenvalue weighted by molar-refractivity contribution is 8.09. The second kappa shape index (κ2) is 27.9. The summed E-state index contributed by atoms with van der Waals surface area (Å²) >= 11 is 6.79. The maximum Gasteiger partial charge on any atom is 0.183 e. The smallest absolute Gasteiger partial charge is 0.183 e. The zero-order valence-electron chi connectivity index (χ0n) is 23.5. The van der Waals surface area contributed by atoms with Crippen LogP contribution in [-0.2, 0) is 16.5 Å². The number of rotatable bonds is 29. The van der Waals surface area contributed by atoms with Crippen LogP contribution in [0.3, 0.4) is 0 Å². The Hall–Kier alpha value is 0.880. The summed E-state index contributed by atoms with van der Waals surface area (Å²) in [4.78, 5) is 19.2. The Morgan fingerprint density at radius 1 is 0.629 bits per heavy atom. The van der Waals surface area contributed by atoms with Crippen molar-refractivity contribution in [1.82, 2.24) is 0 Å². The molecule has 0 radical (unpaired) electrons. The van der Waals surface area contributed by atoms with E-state index in [2.05, 4.69) is 13.8 Å². The minimum Gasteiger partial charge on any atom is -0.377 e. The van der Waals surface area contributed by atoms with Gasteiger partial charge < -0.3 is 14.5 Å². The maximum atomic E-state index is 9.62. The minimum atomic E-state index is -3.11.